The number of amides is 1. The zero-order valence-corrected chi connectivity index (χ0v) is 20.9. The van der Waals surface area contributed by atoms with Gasteiger partial charge in [0.05, 0.1) is 12.2 Å². The Hall–Kier alpha value is -3.08. The molecule has 33 heavy (non-hydrogen) atoms. The van der Waals surface area contributed by atoms with E-state index in [1.165, 1.54) is 11.1 Å². The standard InChI is InChI=1S/C24H28N6O2.HI/c1-25-24(27-16-19-8-2-3-9-20(19)17-29-14-7-13-28-29)26-12-6-15-30-21-10-4-5-11-22(21)32-18-23(30)31;/h2-5,7-11,13-14H,6,12,15-18H2,1H3,(H2,25,26,27);1H. The van der Waals surface area contributed by atoms with E-state index < -0.39 is 0 Å². The highest BCUT2D eigenvalue weighted by Gasteiger charge is 2.24. The molecule has 3 aromatic rings. The van der Waals surface area contributed by atoms with E-state index in [0.717, 1.165) is 30.4 Å². The van der Waals surface area contributed by atoms with Gasteiger partial charge in [0, 0.05) is 39.1 Å². The van der Waals surface area contributed by atoms with Gasteiger partial charge in [0.1, 0.15) is 5.75 Å². The number of benzene rings is 2. The number of guanidine groups is 1. The summed E-state index contributed by atoms with van der Waals surface area (Å²) in [5.74, 6) is 1.47. The van der Waals surface area contributed by atoms with Gasteiger partial charge < -0.3 is 20.3 Å². The monoisotopic (exact) mass is 560 g/mol. The molecule has 4 rings (SSSR count). The van der Waals surface area contributed by atoms with Gasteiger partial charge in [0.25, 0.3) is 5.91 Å². The maximum Gasteiger partial charge on any atom is 0.265 e. The molecule has 1 aromatic heterocycles. The second kappa shape index (κ2) is 12.2. The second-order valence-electron chi connectivity index (χ2n) is 7.48. The van der Waals surface area contributed by atoms with E-state index in [9.17, 15) is 4.79 Å². The van der Waals surface area contributed by atoms with Gasteiger partial charge in [0.15, 0.2) is 12.6 Å². The first-order valence-corrected chi connectivity index (χ1v) is 10.8. The van der Waals surface area contributed by atoms with Gasteiger partial charge >= 0.3 is 0 Å². The molecule has 0 bridgehead atoms. The van der Waals surface area contributed by atoms with Crippen LogP contribution < -0.4 is 20.3 Å². The molecule has 8 nitrogen and oxygen atoms in total. The van der Waals surface area contributed by atoms with Gasteiger partial charge in [-0.2, -0.15) is 5.10 Å². The lowest BCUT2D eigenvalue weighted by atomic mass is 10.1. The molecule has 2 heterocycles. The Balaban J connectivity index is 0.00000306. The number of aliphatic imine (C=N–C) groups is 1. The summed E-state index contributed by atoms with van der Waals surface area (Å²) in [5.41, 5.74) is 3.24. The summed E-state index contributed by atoms with van der Waals surface area (Å²) >= 11 is 0. The highest BCUT2D eigenvalue weighted by molar-refractivity contribution is 14.0. The van der Waals surface area contributed by atoms with Crippen LogP contribution in [-0.2, 0) is 17.9 Å². The van der Waals surface area contributed by atoms with E-state index >= 15 is 0 Å². The average Bonchev–Trinajstić information content (AvgIpc) is 3.34. The van der Waals surface area contributed by atoms with E-state index in [1.807, 2.05) is 53.3 Å². The molecule has 0 fully saturated rings. The molecule has 1 aliphatic heterocycles. The Morgan fingerprint density at radius 2 is 1.88 bits per heavy atom. The number of carbonyl (C=O) groups excluding carboxylic acids is 1. The number of aromatic nitrogens is 2. The number of rotatable bonds is 8. The maximum absolute atomic E-state index is 12.3. The number of halogens is 1. The van der Waals surface area contributed by atoms with Crippen molar-refractivity contribution in [1.29, 1.82) is 0 Å². The van der Waals surface area contributed by atoms with Crippen LogP contribution in [0, 0.1) is 0 Å². The SMILES string of the molecule is CN=C(NCCCN1C(=O)COc2ccccc21)NCc1ccccc1Cn1cccn1.I. The fraction of sp³-hybridized carbons (Fsp3) is 0.292. The third-order valence-electron chi connectivity index (χ3n) is 5.34. The van der Waals surface area contributed by atoms with Crippen molar-refractivity contribution in [2.45, 2.75) is 19.5 Å². The lowest BCUT2D eigenvalue weighted by molar-refractivity contribution is -0.121. The molecule has 0 spiro atoms. The Morgan fingerprint density at radius 3 is 2.67 bits per heavy atom. The van der Waals surface area contributed by atoms with Crippen molar-refractivity contribution in [1.82, 2.24) is 20.4 Å². The van der Waals surface area contributed by atoms with E-state index in [-0.39, 0.29) is 36.5 Å². The second-order valence-corrected chi connectivity index (χ2v) is 7.48. The van der Waals surface area contributed by atoms with Crippen molar-refractivity contribution in [2.24, 2.45) is 4.99 Å². The summed E-state index contributed by atoms with van der Waals surface area (Å²) in [5, 5.41) is 11.0. The number of carbonyl (C=O) groups is 1. The van der Waals surface area contributed by atoms with E-state index in [2.05, 4.69) is 32.9 Å². The zero-order chi connectivity index (χ0) is 22.2. The van der Waals surface area contributed by atoms with E-state index in [0.29, 0.717) is 19.6 Å². The first kappa shape index (κ1) is 24.6. The molecule has 2 N–H and O–H groups in total. The third kappa shape index (κ3) is 6.47. The molecule has 0 radical (unpaired) electrons. The number of ether oxygens (including phenoxy) is 1. The third-order valence-corrected chi connectivity index (χ3v) is 5.34. The van der Waals surface area contributed by atoms with Crippen molar-refractivity contribution in [3.63, 3.8) is 0 Å². The minimum Gasteiger partial charge on any atom is -0.482 e. The molecular formula is C24H29IN6O2. The number of nitrogens with zero attached hydrogens (tertiary/aromatic N) is 4. The van der Waals surface area contributed by atoms with Gasteiger partial charge in [-0.1, -0.05) is 36.4 Å². The van der Waals surface area contributed by atoms with E-state index in [4.69, 9.17) is 4.74 Å². The Kier molecular flexibility index (Phi) is 9.11. The van der Waals surface area contributed by atoms with Crippen LogP contribution in [-0.4, -0.2) is 48.4 Å². The molecule has 0 saturated carbocycles. The first-order valence-electron chi connectivity index (χ1n) is 10.8. The topological polar surface area (TPSA) is 83.8 Å². The predicted octanol–water partition coefficient (Wildman–Crippen LogP) is 3.03. The number of anilines is 1. The molecule has 1 amide bonds. The zero-order valence-electron chi connectivity index (χ0n) is 18.6. The molecule has 2 aromatic carbocycles. The van der Waals surface area contributed by atoms with Gasteiger partial charge in [-0.05, 0) is 35.7 Å². The fourth-order valence-electron chi connectivity index (χ4n) is 3.70. The Morgan fingerprint density at radius 1 is 1.09 bits per heavy atom. The molecule has 0 aliphatic carbocycles. The Labute approximate surface area is 211 Å². The maximum atomic E-state index is 12.3. The summed E-state index contributed by atoms with van der Waals surface area (Å²) < 4.78 is 7.42. The molecule has 0 atom stereocenters. The van der Waals surface area contributed by atoms with Crippen molar-refractivity contribution in [2.75, 3.05) is 31.6 Å². The number of nitrogens with one attached hydrogen (secondary N) is 2. The van der Waals surface area contributed by atoms with Gasteiger partial charge in [0.2, 0.25) is 0 Å². The number of para-hydroxylation sites is 2. The quantitative estimate of drug-likeness (QED) is 0.192. The highest BCUT2D eigenvalue weighted by atomic mass is 127. The minimum atomic E-state index is -0.0139. The predicted molar refractivity (Wildman–Crippen MR) is 140 cm³/mol. The van der Waals surface area contributed by atoms with Gasteiger partial charge in [-0.3, -0.25) is 14.5 Å². The lowest BCUT2D eigenvalue weighted by Crippen LogP contribution is -2.42. The summed E-state index contributed by atoms with van der Waals surface area (Å²) in [6.07, 6.45) is 4.54. The van der Waals surface area contributed by atoms with Crippen LogP contribution in [0.2, 0.25) is 0 Å². The van der Waals surface area contributed by atoms with Crippen LogP contribution in [0.1, 0.15) is 17.5 Å². The van der Waals surface area contributed by atoms with Crippen LogP contribution in [0.4, 0.5) is 5.69 Å². The molecule has 9 heteroatoms. The van der Waals surface area contributed by atoms with Crippen LogP contribution in [0.25, 0.3) is 0 Å². The fourth-order valence-corrected chi connectivity index (χ4v) is 3.70. The lowest BCUT2D eigenvalue weighted by Gasteiger charge is -2.29. The van der Waals surface area contributed by atoms with Crippen LogP contribution in [0.3, 0.4) is 0 Å². The van der Waals surface area contributed by atoms with Crippen molar-refractivity contribution < 1.29 is 9.53 Å². The van der Waals surface area contributed by atoms with E-state index in [1.54, 1.807) is 18.1 Å². The summed E-state index contributed by atoms with van der Waals surface area (Å²) in [6.45, 7) is 2.79. The van der Waals surface area contributed by atoms with Crippen LogP contribution in [0.5, 0.6) is 5.75 Å². The molecule has 1 aliphatic rings. The van der Waals surface area contributed by atoms with Gasteiger partial charge in [-0.25, -0.2) is 0 Å². The molecular weight excluding hydrogens is 531 g/mol. The summed E-state index contributed by atoms with van der Waals surface area (Å²) in [4.78, 5) is 18.4. The molecule has 0 unspecified atom stereocenters. The normalized spacial score (nSPS) is 13.1. The van der Waals surface area contributed by atoms with Gasteiger partial charge in [-0.15, -0.1) is 24.0 Å². The Bertz CT molecular complexity index is 1070. The largest absolute Gasteiger partial charge is 0.482 e. The smallest absolute Gasteiger partial charge is 0.265 e. The minimum absolute atomic E-state index is 0. The first-order chi connectivity index (χ1) is 15.7. The molecule has 0 saturated heterocycles. The van der Waals surface area contributed by atoms with Crippen LogP contribution >= 0.6 is 24.0 Å². The number of hydrogen-bond donors (Lipinski definition) is 2. The van der Waals surface area contributed by atoms with Crippen molar-refractivity contribution in [3.05, 3.63) is 78.1 Å². The average molecular weight is 560 g/mol. The number of fused-ring (bicyclic) bond motifs is 1. The number of hydrogen-bond acceptors (Lipinski definition) is 4. The van der Waals surface area contributed by atoms with Crippen molar-refractivity contribution in [3.8, 4) is 5.75 Å². The highest BCUT2D eigenvalue weighted by Crippen LogP contribution is 2.31. The summed E-state index contributed by atoms with van der Waals surface area (Å²) in [6, 6.07) is 17.9. The molecule has 174 valence electrons. The summed E-state index contributed by atoms with van der Waals surface area (Å²) in [7, 11) is 1.76. The van der Waals surface area contributed by atoms with Crippen LogP contribution in [0.15, 0.2) is 72.0 Å². The van der Waals surface area contributed by atoms with Crippen molar-refractivity contribution >= 4 is 41.5 Å².